The first kappa shape index (κ1) is 71.9. The Bertz CT molecular complexity index is 2340. The number of aliphatic hydroxyl groups excluding tert-OH is 18. The van der Waals surface area contributed by atoms with Crippen LogP contribution in [0.2, 0.25) is 0 Å². The molecule has 0 radical (unpaired) electrons. The van der Waals surface area contributed by atoms with E-state index in [1.807, 2.05) is 0 Å². The van der Waals surface area contributed by atoms with Gasteiger partial charge in [0.25, 0.3) is 0 Å². The molecule has 28 nitrogen and oxygen atoms in total. The molecule has 0 bridgehead atoms. The van der Waals surface area contributed by atoms with Crippen molar-refractivity contribution in [3.63, 3.8) is 0 Å². The second-order valence-electron chi connectivity index (χ2n) is 29.2. The SMILES string of the molecule is C[C@H](CC[C@@H](O[C@@H]1O[C@H](CO[C@@H]2O[C@H](CO)[C@@H](O)[C@H](O)[C@H]2O)[C@@H](O)[C@H](O)[C@H]1O[C@H]1O[C@@H](CO)[C@H](O)[C@@H](O)[C@@H]1O)C(C)(C)O)C1CC[C@@]2(C)C3CC=C4C(CC[C@H](O[C@@H]5O[C@H](CO)[C@@H](O[C@@H]6C[C@H](CO)[C@@H](O)[C@H](O)[C@H]6O)[C@H](O)[C@H]5O)C4(C)C)[C@]3(C)[C@H](O)C[C@]12C. The van der Waals surface area contributed by atoms with Gasteiger partial charge in [-0.25, -0.2) is 0 Å². The van der Waals surface area contributed by atoms with Crippen molar-refractivity contribution in [2.45, 2.75) is 284 Å². The van der Waals surface area contributed by atoms with Crippen molar-refractivity contribution < 1.29 is 140 Å². The lowest BCUT2D eigenvalue weighted by Crippen LogP contribution is -2.65. The van der Waals surface area contributed by atoms with Crippen molar-refractivity contribution in [3.8, 4) is 0 Å². The minimum Gasteiger partial charge on any atom is -0.396 e. The van der Waals surface area contributed by atoms with Gasteiger partial charge in [-0.15, -0.1) is 0 Å². The van der Waals surface area contributed by atoms with Gasteiger partial charge in [0.2, 0.25) is 0 Å². The third-order valence-electron chi connectivity index (χ3n) is 23.4. The monoisotopic (exact) mass is 1280 g/mol. The highest BCUT2D eigenvalue weighted by Gasteiger charge is 2.71. The lowest BCUT2D eigenvalue weighted by atomic mass is 9.38. The van der Waals surface area contributed by atoms with Crippen molar-refractivity contribution in [1.82, 2.24) is 0 Å². The summed E-state index contributed by atoms with van der Waals surface area (Å²) in [6.45, 7) is 12.7. The molecule has 35 atom stereocenters. The van der Waals surface area contributed by atoms with E-state index in [4.69, 9.17) is 42.6 Å². The Hall–Kier alpha value is -1.38. The Morgan fingerprint density at radius 3 is 1.70 bits per heavy atom. The van der Waals surface area contributed by atoms with E-state index < -0.39 is 221 Å². The molecule has 4 heterocycles. The number of hydrogen-bond donors (Lipinski definition) is 19. The van der Waals surface area contributed by atoms with Gasteiger partial charge in [0, 0.05) is 23.4 Å². The number of aliphatic hydroxyl groups is 19. The van der Waals surface area contributed by atoms with Gasteiger partial charge in [-0.3, -0.25) is 0 Å². The van der Waals surface area contributed by atoms with Gasteiger partial charge in [0.1, 0.15) is 110 Å². The largest absolute Gasteiger partial charge is 0.396 e. The molecule has 0 aromatic rings. The maximum Gasteiger partial charge on any atom is 0.187 e. The van der Waals surface area contributed by atoms with Crippen LogP contribution in [-0.4, -0.2) is 301 Å². The Morgan fingerprint density at radius 2 is 1.09 bits per heavy atom. The summed E-state index contributed by atoms with van der Waals surface area (Å²) >= 11 is 0. The van der Waals surface area contributed by atoms with Crippen LogP contribution in [0.1, 0.15) is 113 Å². The molecule has 0 aromatic carbocycles. The maximum absolute atomic E-state index is 12.8. The zero-order chi connectivity index (χ0) is 65.5. The Kier molecular flexibility index (Phi) is 22.3. The molecule has 0 aromatic heterocycles. The van der Waals surface area contributed by atoms with Crippen molar-refractivity contribution >= 4 is 0 Å². The van der Waals surface area contributed by atoms with Gasteiger partial charge in [-0.05, 0) is 106 Å². The summed E-state index contributed by atoms with van der Waals surface area (Å²) in [4.78, 5) is 0. The summed E-state index contributed by atoms with van der Waals surface area (Å²) in [6, 6.07) is 0. The van der Waals surface area contributed by atoms with Crippen molar-refractivity contribution in [3.05, 3.63) is 11.6 Å². The molecule has 516 valence electrons. The van der Waals surface area contributed by atoms with E-state index in [0.717, 1.165) is 18.4 Å². The molecule has 19 N–H and O–H groups in total. The van der Waals surface area contributed by atoms with Gasteiger partial charge in [0.05, 0.1) is 62.5 Å². The summed E-state index contributed by atoms with van der Waals surface area (Å²) < 4.78 is 54.4. The van der Waals surface area contributed by atoms with Crippen LogP contribution in [0.15, 0.2) is 11.6 Å². The molecule has 4 saturated carbocycles. The standard InChI is InChI=1S/C61H104O28/c1-24(9-13-37(58(4,5)80)88-56-52(89-55-49(78)45(74)41(70)31(21-64)84-55)46(75)42(71)33(86-56)23-81-53-48(77)44(73)40(69)30(20-63)83-53)26-15-16-59(6)34-12-10-27-28(61(34,8)35(66)18-60(26,59)7)11-14-36(57(27,2)3)87-54-50(79)47(76)51(32(22-65)85-54)82-29-17-25(19-62)38(67)43(72)39(29)68/h10,24-26,28-56,62-80H,9,11-23H2,1-8H3/t24-,25-,26?,28?,29-,30-,31+,32-,33-,34?,35-,36+,37-,38-,39+,40-,41+,42-,43+,44+,45-,46+,47-,48-,49+,50-,51-,52-,53-,54+,55-,56+,59+,60-,61+/m1/s1. The average Bonchev–Trinajstić information content (AvgIpc) is 1.66. The molecule has 9 aliphatic rings. The minimum absolute atomic E-state index is 0.0314. The van der Waals surface area contributed by atoms with E-state index in [-0.39, 0.29) is 47.3 Å². The smallest absolute Gasteiger partial charge is 0.187 e. The van der Waals surface area contributed by atoms with E-state index in [1.165, 1.54) is 13.8 Å². The van der Waals surface area contributed by atoms with Crippen molar-refractivity contribution in [2.24, 2.45) is 51.2 Å². The van der Waals surface area contributed by atoms with Gasteiger partial charge < -0.3 is 140 Å². The Balaban J connectivity index is 0.884. The lowest BCUT2D eigenvalue weighted by molar-refractivity contribution is -0.380. The molecule has 8 fully saturated rings. The fourth-order valence-corrected chi connectivity index (χ4v) is 17.6. The predicted octanol–water partition coefficient (Wildman–Crippen LogP) is -4.74. The highest BCUT2D eigenvalue weighted by molar-refractivity contribution is 5.32. The lowest BCUT2D eigenvalue weighted by Gasteiger charge is -2.67. The fraction of sp³-hybridized carbons (Fsp3) is 0.967. The summed E-state index contributed by atoms with van der Waals surface area (Å²) in [7, 11) is 0. The highest BCUT2D eigenvalue weighted by Crippen LogP contribution is 2.75. The molecule has 28 heteroatoms. The number of allylic oxidation sites excluding steroid dienone is 1. The number of ether oxygens (including phenoxy) is 9. The first-order chi connectivity index (χ1) is 41.7. The van der Waals surface area contributed by atoms with E-state index in [1.54, 1.807) is 0 Å². The zero-order valence-corrected chi connectivity index (χ0v) is 52.1. The van der Waals surface area contributed by atoms with Crippen LogP contribution < -0.4 is 0 Å². The van der Waals surface area contributed by atoms with Gasteiger partial charge in [-0.2, -0.15) is 0 Å². The van der Waals surface area contributed by atoms with Crippen LogP contribution in [0.4, 0.5) is 0 Å². The molecule has 0 spiro atoms. The topological polar surface area (TPSA) is 467 Å². The first-order valence-corrected chi connectivity index (χ1v) is 31.9. The van der Waals surface area contributed by atoms with E-state index in [9.17, 15) is 97.0 Å². The number of rotatable bonds is 20. The van der Waals surface area contributed by atoms with E-state index in [2.05, 4.69) is 47.6 Å². The molecular weight excluding hydrogens is 1180 g/mol. The number of hydrogen-bond acceptors (Lipinski definition) is 28. The van der Waals surface area contributed by atoms with Crippen LogP contribution in [0.3, 0.4) is 0 Å². The molecular formula is C61H104O28. The first-order valence-electron chi connectivity index (χ1n) is 31.9. The third kappa shape index (κ3) is 13.0. The van der Waals surface area contributed by atoms with Crippen LogP contribution >= 0.6 is 0 Å². The van der Waals surface area contributed by atoms with Crippen LogP contribution in [0, 0.1) is 51.2 Å². The molecule has 5 aliphatic carbocycles. The van der Waals surface area contributed by atoms with Gasteiger partial charge >= 0.3 is 0 Å². The van der Waals surface area contributed by atoms with Crippen LogP contribution in [-0.2, 0) is 42.6 Å². The average molecular weight is 1290 g/mol. The fourth-order valence-electron chi connectivity index (χ4n) is 17.6. The van der Waals surface area contributed by atoms with Crippen molar-refractivity contribution in [1.29, 1.82) is 0 Å². The van der Waals surface area contributed by atoms with E-state index in [0.29, 0.717) is 32.1 Å². The minimum atomic E-state index is -1.95. The van der Waals surface area contributed by atoms with Crippen LogP contribution in [0.5, 0.6) is 0 Å². The van der Waals surface area contributed by atoms with Crippen LogP contribution in [0.25, 0.3) is 0 Å². The number of fused-ring (bicyclic) bond motifs is 5. The molecule has 4 aliphatic heterocycles. The van der Waals surface area contributed by atoms with Gasteiger partial charge in [0.15, 0.2) is 25.2 Å². The van der Waals surface area contributed by atoms with Crippen molar-refractivity contribution in [2.75, 3.05) is 33.0 Å². The molecule has 9 rings (SSSR count). The molecule has 89 heavy (non-hydrogen) atoms. The molecule has 0 amide bonds. The summed E-state index contributed by atoms with van der Waals surface area (Å²) in [5, 5.41) is 206. The quantitative estimate of drug-likeness (QED) is 0.0509. The maximum atomic E-state index is 12.8. The van der Waals surface area contributed by atoms with E-state index >= 15 is 0 Å². The summed E-state index contributed by atoms with van der Waals surface area (Å²) in [6.07, 6.45) is -34.8. The molecule has 4 saturated heterocycles. The van der Waals surface area contributed by atoms with Gasteiger partial charge in [-0.1, -0.05) is 53.2 Å². The Morgan fingerprint density at radius 1 is 0.551 bits per heavy atom. The zero-order valence-electron chi connectivity index (χ0n) is 52.1. The third-order valence-corrected chi connectivity index (χ3v) is 23.4. The normalized spacial score (nSPS) is 51.8. The second kappa shape index (κ2) is 27.6. The Labute approximate surface area is 518 Å². The predicted molar refractivity (Wildman–Crippen MR) is 303 cm³/mol. The highest BCUT2D eigenvalue weighted by atomic mass is 16.8. The second-order valence-corrected chi connectivity index (χ2v) is 29.2. The molecule has 3 unspecified atom stereocenters. The summed E-state index contributed by atoms with van der Waals surface area (Å²) in [5.74, 6) is -0.824. The summed E-state index contributed by atoms with van der Waals surface area (Å²) in [5.41, 5.74) is -2.42.